The molecule has 0 spiro atoms. The van der Waals surface area contributed by atoms with E-state index in [1.165, 1.54) is 12.8 Å². The highest BCUT2D eigenvalue weighted by molar-refractivity contribution is 4.99. The molecule has 1 aliphatic rings. The summed E-state index contributed by atoms with van der Waals surface area (Å²) in [7, 11) is 0. The molecule has 1 fully saturated rings. The molecule has 0 saturated heterocycles. The quantitative estimate of drug-likeness (QED) is 0.921. The maximum Gasteiger partial charge on any atom is 0.229 e. The Bertz CT molecular complexity index is 490. The summed E-state index contributed by atoms with van der Waals surface area (Å²) in [5.74, 6) is 2.33. The molecule has 1 saturated carbocycles. The first-order valence-corrected chi connectivity index (χ1v) is 7.77. The van der Waals surface area contributed by atoms with Gasteiger partial charge in [0.1, 0.15) is 0 Å². The predicted octanol–water partition coefficient (Wildman–Crippen LogP) is 3.21. The maximum atomic E-state index is 9.60. The second-order valence-corrected chi connectivity index (χ2v) is 7.18. The third kappa shape index (κ3) is 4.28. The number of rotatable bonds is 4. The second-order valence-electron chi connectivity index (χ2n) is 7.18. The molecular weight excluding hydrogens is 266 g/mol. The van der Waals surface area contributed by atoms with Gasteiger partial charge in [0.05, 0.1) is 25.0 Å². The monoisotopic (exact) mass is 291 g/mol. The molecule has 0 aliphatic heterocycles. The smallest absolute Gasteiger partial charge is 0.229 e. The first-order valence-electron chi connectivity index (χ1n) is 7.77. The van der Waals surface area contributed by atoms with Gasteiger partial charge in [0.2, 0.25) is 5.89 Å². The Balaban J connectivity index is 1.90. The first kappa shape index (κ1) is 16.0. The van der Waals surface area contributed by atoms with E-state index in [4.69, 9.17) is 9.78 Å². The number of aromatic nitrogens is 2. The van der Waals surface area contributed by atoms with E-state index in [0.29, 0.717) is 17.2 Å². The van der Waals surface area contributed by atoms with Gasteiger partial charge in [-0.1, -0.05) is 25.9 Å². The molecule has 0 bridgehead atoms. The topological polar surface area (TPSA) is 82.9 Å². The molecule has 1 heterocycles. The Labute approximate surface area is 126 Å². The van der Waals surface area contributed by atoms with Crippen molar-refractivity contribution in [2.24, 2.45) is 11.3 Å². The summed E-state index contributed by atoms with van der Waals surface area (Å²) in [6.07, 6.45) is 4.24. The average molecular weight is 291 g/mol. The van der Waals surface area contributed by atoms with E-state index >= 15 is 0 Å². The van der Waals surface area contributed by atoms with Gasteiger partial charge in [-0.3, -0.25) is 0 Å². The van der Waals surface area contributed by atoms with Crippen LogP contribution in [0, 0.1) is 22.7 Å². The molecule has 116 valence electrons. The van der Waals surface area contributed by atoms with E-state index in [1.54, 1.807) is 0 Å². The Hall–Kier alpha value is -1.41. The molecule has 1 unspecified atom stereocenters. The average Bonchev–Trinajstić information content (AvgIpc) is 2.86. The minimum Gasteiger partial charge on any atom is -0.392 e. The number of nitriles is 1. The van der Waals surface area contributed by atoms with E-state index in [0.717, 1.165) is 24.6 Å². The predicted molar refractivity (Wildman–Crippen MR) is 78.4 cm³/mol. The Morgan fingerprint density at radius 1 is 1.33 bits per heavy atom. The van der Waals surface area contributed by atoms with Crippen LogP contribution in [0.15, 0.2) is 4.52 Å². The highest BCUT2D eigenvalue weighted by Gasteiger charge is 2.32. The number of aliphatic hydroxyl groups excluding tert-OH is 1. The van der Waals surface area contributed by atoms with Gasteiger partial charge in [0.15, 0.2) is 5.82 Å². The molecular formula is C16H25N3O2. The molecule has 1 aromatic rings. The van der Waals surface area contributed by atoms with Crippen molar-refractivity contribution in [3.63, 3.8) is 0 Å². The molecule has 21 heavy (non-hydrogen) atoms. The van der Waals surface area contributed by atoms with E-state index < -0.39 is 6.10 Å². The van der Waals surface area contributed by atoms with Crippen LogP contribution in [0.25, 0.3) is 0 Å². The van der Waals surface area contributed by atoms with E-state index in [9.17, 15) is 5.11 Å². The van der Waals surface area contributed by atoms with Gasteiger partial charge in [0, 0.05) is 5.92 Å². The highest BCUT2D eigenvalue weighted by Crippen LogP contribution is 2.42. The fourth-order valence-corrected chi connectivity index (χ4v) is 3.11. The minimum atomic E-state index is -0.722. The lowest BCUT2D eigenvalue weighted by Crippen LogP contribution is -2.25. The number of nitrogens with zero attached hydrogens (tertiary/aromatic N) is 3. The lowest BCUT2D eigenvalue weighted by molar-refractivity contribution is 0.165. The van der Waals surface area contributed by atoms with Crippen molar-refractivity contribution < 1.29 is 9.63 Å². The molecule has 2 rings (SSSR count). The molecule has 1 aliphatic carbocycles. The van der Waals surface area contributed by atoms with Crippen LogP contribution in [-0.4, -0.2) is 21.4 Å². The second kappa shape index (κ2) is 6.57. The van der Waals surface area contributed by atoms with E-state index in [2.05, 4.69) is 30.9 Å². The van der Waals surface area contributed by atoms with Crippen LogP contribution in [0.3, 0.4) is 0 Å². The van der Waals surface area contributed by atoms with Crippen LogP contribution in [0.2, 0.25) is 0 Å². The summed E-state index contributed by atoms with van der Waals surface area (Å²) in [4.78, 5) is 4.40. The summed E-state index contributed by atoms with van der Waals surface area (Å²) < 4.78 is 5.20. The minimum absolute atomic E-state index is 0.0917. The van der Waals surface area contributed by atoms with Crippen molar-refractivity contribution in [1.29, 1.82) is 5.26 Å². The van der Waals surface area contributed by atoms with E-state index in [1.807, 2.05) is 6.07 Å². The molecule has 0 amide bonds. The summed E-state index contributed by atoms with van der Waals surface area (Å²) in [5, 5.41) is 22.2. The normalized spacial score (nSPS) is 24.5. The van der Waals surface area contributed by atoms with Crippen LogP contribution in [0.4, 0.5) is 0 Å². The lowest BCUT2D eigenvalue weighted by atomic mass is 9.70. The molecule has 1 N–H and O–H groups in total. The van der Waals surface area contributed by atoms with Gasteiger partial charge in [0.25, 0.3) is 0 Å². The summed E-state index contributed by atoms with van der Waals surface area (Å²) >= 11 is 0. The zero-order valence-electron chi connectivity index (χ0n) is 13.2. The van der Waals surface area contributed by atoms with Crippen LogP contribution < -0.4 is 0 Å². The molecule has 0 aromatic carbocycles. The number of aliphatic hydroxyl groups is 1. The largest absolute Gasteiger partial charge is 0.392 e. The van der Waals surface area contributed by atoms with Gasteiger partial charge < -0.3 is 9.63 Å². The van der Waals surface area contributed by atoms with Crippen LogP contribution in [0.5, 0.6) is 0 Å². The summed E-state index contributed by atoms with van der Waals surface area (Å²) in [6.45, 7) is 6.92. The maximum absolute atomic E-state index is 9.60. The Morgan fingerprint density at radius 3 is 2.57 bits per heavy atom. The van der Waals surface area contributed by atoms with Crippen molar-refractivity contribution >= 4 is 0 Å². The standard InChI is InChI=1S/C16H25N3O2/c1-16(2,3)12-6-4-11(5-7-12)15-18-14(21-19-15)10-13(20)8-9-17/h11-13,20H,4-8,10H2,1-3H3. The first-order chi connectivity index (χ1) is 9.90. The molecule has 1 aromatic heterocycles. The Morgan fingerprint density at radius 2 is 2.00 bits per heavy atom. The fraction of sp³-hybridized carbons (Fsp3) is 0.812. The van der Waals surface area contributed by atoms with Crippen molar-refractivity contribution in [3.05, 3.63) is 11.7 Å². The van der Waals surface area contributed by atoms with Crippen molar-refractivity contribution in [2.75, 3.05) is 0 Å². The SMILES string of the molecule is CC(C)(C)C1CCC(c2noc(CC(O)CC#N)n2)CC1. The van der Waals surface area contributed by atoms with Crippen LogP contribution in [0.1, 0.15) is 70.5 Å². The van der Waals surface area contributed by atoms with Crippen molar-refractivity contribution in [3.8, 4) is 6.07 Å². The third-order valence-electron chi connectivity index (χ3n) is 4.54. The number of hydrogen-bond acceptors (Lipinski definition) is 5. The molecule has 1 atom stereocenters. The molecule has 5 heteroatoms. The van der Waals surface area contributed by atoms with E-state index in [-0.39, 0.29) is 12.8 Å². The lowest BCUT2D eigenvalue weighted by Gasteiger charge is -2.36. The van der Waals surface area contributed by atoms with Crippen LogP contribution in [-0.2, 0) is 6.42 Å². The number of hydrogen-bond donors (Lipinski definition) is 1. The molecule has 0 radical (unpaired) electrons. The van der Waals surface area contributed by atoms with Crippen molar-refractivity contribution in [2.45, 2.75) is 71.3 Å². The highest BCUT2D eigenvalue weighted by atomic mass is 16.5. The van der Waals surface area contributed by atoms with Gasteiger partial charge in [-0.25, -0.2) is 0 Å². The van der Waals surface area contributed by atoms with Crippen molar-refractivity contribution in [1.82, 2.24) is 10.1 Å². The summed E-state index contributed by atoms with van der Waals surface area (Å²) in [5.41, 5.74) is 0.370. The molecule has 5 nitrogen and oxygen atoms in total. The van der Waals surface area contributed by atoms with Gasteiger partial charge in [-0.2, -0.15) is 10.2 Å². The van der Waals surface area contributed by atoms with Crippen LogP contribution >= 0.6 is 0 Å². The van der Waals surface area contributed by atoms with Gasteiger partial charge in [-0.05, 0) is 37.0 Å². The Kier molecular flexibility index (Phi) is 5.00. The van der Waals surface area contributed by atoms with Gasteiger partial charge in [-0.15, -0.1) is 0 Å². The zero-order chi connectivity index (χ0) is 15.5. The third-order valence-corrected chi connectivity index (χ3v) is 4.54. The zero-order valence-corrected chi connectivity index (χ0v) is 13.2. The summed E-state index contributed by atoms with van der Waals surface area (Å²) in [6, 6.07) is 1.94. The fourth-order valence-electron chi connectivity index (χ4n) is 3.11. The van der Waals surface area contributed by atoms with Gasteiger partial charge >= 0.3 is 0 Å².